The van der Waals surface area contributed by atoms with Gasteiger partial charge in [-0.05, 0) is 31.3 Å². The topological polar surface area (TPSA) is 69.7 Å². The summed E-state index contributed by atoms with van der Waals surface area (Å²) in [5.74, 6) is 0.497. The molecule has 0 unspecified atom stereocenters. The summed E-state index contributed by atoms with van der Waals surface area (Å²) in [4.78, 5) is 16.0. The van der Waals surface area contributed by atoms with Crippen LogP contribution in [0.1, 0.15) is 5.82 Å². The van der Waals surface area contributed by atoms with Crippen molar-refractivity contribution < 1.29 is 4.79 Å². The van der Waals surface area contributed by atoms with Gasteiger partial charge in [0.2, 0.25) is 10.7 Å². The first-order chi connectivity index (χ1) is 10.1. The van der Waals surface area contributed by atoms with Crippen LogP contribution >= 0.6 is 23.6 Å². The lowest BCUT2D eigenvalue weighted by Crippen LogP contribution is -2.20. The van der Waals surface area contributed by atoms with Crippen LogP contribution in [0, 0.1) is 11.7 Å². The van der Waals surface area contributed by atoms with Crippen molar-refractivity contribution in [3.8, 4) is 0 Å². The van der Waals surface area contributed by atoms with Crippen LogP contribution in [0.3, 0.4) is 0 Å². The van der Waals surface area contributed by atoms with Crippen molar-refractivity contribution in [1.82, 2.24) is 24.1 Å². The van der Waals surface area contributed by atoms with Gasteiger partial charge in [0, 0.05) is 24.0 Å². The molecule has 0 atom stereocenters. The third-order valence-corrected chi connectivity index (χ3v) is 3.84. The first-order valence-electron chi connectivity index (χ1n) is 6.14. The van der Waals surface area contributed by atoms with Crippen LogP contribution in [-0.2, 0) is 11.3 Å². The zero-order chi connectivity index (χ0) is 14.8. The maximum absolute atomic E-state index is 12.0. The highest BCUT2D eigenvalue weighted by Gasteiger charge is 2.12. The van der Waals surface area contributed by atoms with Crippen molar-refractivity contribution in [2.75, 3.05) is 5.32 Å². The number of carbonyl (C=O) groups is 1. The lowest BCUT2D eigenvalue weighted by molar-refractivity contribution is -0.116. The summed E-state index contributed by atoms with van der Waals surface area (Å²) in [7, 11) is 0. The van der Waals surface area contributed by atoms with E-state index in [2.05, 4.69) is 15.4 Å². The lowest BCUT2D eigenvalue weighted by atomic mass is 10.6. The number of nitrogens with one attached hydrogen (secondary N) is 1. The Morgan fingerprint density at radius 3 is 2.86 bits per heavy atom. The SMILES string of the molecule is Cc1nn(CC(=O)Nc2nccs2)c(=S)n1-n1cccc1. The van der Waals surface area contributed by atoms with Crippen molar-refractivity contribution in [2.45, 2.75) is 13.5 Å². The van der Waals surface area contributed by atoms with Gasteiger partial charge in [0.05, 0.1) is 0 Å². The molecule has 0 aliphatic carbocycles. The number of aromatic nitrogens is 5. The molecule has 3 heterocycles. The lowest BCUT2D eigenvalue weighted by Gasteiger charge is -2.04. The molecule has 21 heavy (non-hydrogen) atoms. The largest absolute Gasteiger partial charge is 0.300 e. The molecule has 9 heteroatoms. The molecule has 0 saturated carbocycles. The zero-order valence-corrected chi connectivity index (χ0v) is 12.8. The Morgan fingerprint density at radius 1 is 1.43 bits per heavy atom. The van der Waals surface area contributed by atoms with Crippen molar-refractivity contribution in [1.29, 1.82) is 0 Å². The van der Waals surface area contributed by atoms with Gasteiger partial charge in [-0.2, -0.15) is 5.10 Å². The number of hydrogen-bond donors (Lipinski definition) is 1. The fourth-order valence-corrected chi connectivity index (χ4v) is 2.79. The van der Waals surface area contributed by atoms with Crippen LogP contribution < -0.4 is 5.32 Å². The minimum atomic E-state index is -0.210. The molecule has 7 nitrogen and oxygen atoms in total. The molecule has 3 aromatic heterocycles. The molecule has 3 rings (SSSR count). The molecule has 0 aliphatic rings. The summed E-state index contributed by atoms with van der Waals surface area (Å²) in [6.07, 6.45) is 5.37. The summed E-state index contributed by atoms with van der Waals surface area (Å²) in [6, 6.07) is 3.79. The highest BCUT2D eigenvalue weighted by atomic mass is 32.1. The van der Waals surface area contributed by atoms with Gasteiger partial charge in [0.15, 0.2) is 5.13 Å². The number of amides is 1. The smallest absolute Gasteiger partial charge is 0.248 e. The average molecular weight is 320 g/mol. The van der Waals surface area contributed by atoms with Crippen LogP contribution in [0.4, 0.5) is 5.13 Å². The normalized spacial score (nSPS) is 10.7. The number of nitrogens with zero attached hydrogens (tertiary/aromatic N) is 5. The second-order valence-corrected chi connectivity index (χ2v) is 5.51. The molecule has 0 saturated heterocycles. The van der Waals surface area contributed by atoms with Crippen LogP contribution in [-0.4, -0.2) is 30.0 Å². The van der Waals surface area contributed by atoms with Gasteiger partial charge >= 0.3 is 0 Å². The molecule has 108 valence electrons. The van der Waals surface area contributed by atoms with Crippen LogP contribution in [0.2, 0.25) is 0 Å². The van der Waals surface area contributed by atoms with E-state index in [0.29, 0.717) is 15.7 Å². The van der Waals surface area contributed by atoms with Gasteiger partial charge in [-0.1, -0.05) is 0 Å². The van der Waals surface area contributed by atoms with E-state index in [4.69, 9.17) is 12.2 Å². The highest BCUT2D eigenvalue weighted by molar-refractivity contribution is 7.71. The van der Waals surface area contributed by atoms with Gasteiger partial charge in [-0.15, -0.1) is 11.3 Å². The molecular weight excluding hydrogens is 308 g/mol. The third kappa shape index (κ3) is 2.78. The fraction of sp³-hybridized carbons (Fsp3) is 0.167. The molecular formula is C12H12N6OS2. The van der Waals surface area contributed by atoms with Crippen molar-refractivity contribution in [3.05, 3.63) is 46.7 Å². The van der Waals surface area contributed by atoms with E-state index < -0.39 is 0 Å². The Hall–Kier alpha value is -2.26. The van der Waals surface area contributed by atoms with Gasteiger partial charge in [-0.25, -0.2) is 14.3 Å². The summed E-state index contributed by atoms with van der Waals surface area (Å²) >= 11 is 6.74. The third-order valence-electron chi connectivity index (χ3n) is 2.77. The Bertz CT molecular complexity index is 800. The van der Waals surface area contributed by atoms with E-state index in [0.717, 1.165) is 0 Å². The number of carbonyl (C=O) groups excluding carboxylic acids is 1. The number of hydrogen-bond acceptors (Lipinski definition) is 5. The summed E-state index contributed by atoms with van der Waals surface area (Å²) < 4.78 is 5.53. The average Bonchev–Trinajstić information content (AvgIpc) is 3.14. The van der Waals surface area contributed by atoms with E-state index in [1.165, 1.54) is 16.0 Å². The monoisotopic (exact) mass is 320 g/mol. The minimum absolute atomic E-state index is 0.0491. The van der Waals surface area contributed by atoms with E-state index in [1.807, 2.05) is 36.1 Å². The van der Waals surface area contributed by atoms with Crippen molar-refractivity contribution in [3.63, 3.8) is 0 Å². The Morgan fingerprint density at radius 2 is 2.19 bits per heavy atom. The summed E-state index contributed by atoms with van der Waals surface area (Å²) in [5, 5.41) is 9.38. The quantitative estimate of drug-likeness (QED) is 0.746. The fourth-order valence-electron chi connectivity index (χ4n) is 1.92. The van der Waals surface area contributed by atoms with Gasteiger partial charge < -0.3 is 5.32 Å². The molecule has 0 bridgehead atoms. The molecule has 0 spiro atoms. The number of thiazole rings is 1. The van der Waals surface area contributed by atoms with E-state index in [9.17, 15) is 4.79 Å². The van der Waals surface area contributed by atoms with Crippen LogP contribution in [0.15, 0.2) is 36.1 Å². The molecule has 0 aromatic carbocycles. The Kier molecular flexibility index (Phi) is 3.67. The summed E-state index contributed by atoms with van der Waals surface area (Å²) in [6.45, 7) is 1.89. The summed E-state index contributed by atoms with van der Waals surface area (Å²) in [5.41, 5.74) is 0. The molecule has 1 N–H and O–H groups in total. The molecule has 0 radical (unpaired) electrons. The van der Waals surface area contributed by atoms with Crippen molar-refractivity contribution in [2.24, 2.45) is 0 Å². The van der Waals surface area contributed by atoms with Gasteiger partial charge in [0.25, 0.3) is 0 Å². The second kappa shape index (κ2) is 5.62. The van der Waals surface area contributed by atoms with E-state index in [1.54, 1.807) is 16.3 Å². The predicted molar refractivity (Wildman–Crippen MR) is 81.8 cm³/mol. The molecule has 0 aliphatic heterocycles. The molecule has 3 aromatic rings. The van der Waals surface area contributed by atoms with Crippen molar-refractivity contribution >= 4 is 34.6 Å². The predicted octanol–water partition coefficient (Wildman–Crippen LogP) is 1.93. The minimum Gasteiger partial charge on any atom is -0.300 e. The Labute approximate surface area is 129 Å². The standard InChI is InChI=1S/C12H12N6OS2/c1-9-15-17(8-10(19)14-11-13-4-7-21-11)12(20)18(9)16-5-2-3-6-16/h2-7H,8H2,1H3,(H,13,14,19). The van der Waals surface area contributed by atoms with Crippen LogP contribution in [0.5, 0.6) is 0 Å². The van der Waals surface area contributed by atoms with E-state index >= 15 is 0 Å². The zero-order valence-electron chi connectivity index (χ0n) is 11.1. The van der Waals surface area contributed by atoms with Gasteiger partial charge in [0.1, 0.15) is 12.4 Å². The number of rotatable bonds is 4. The maximum atomic E-state index is 12.0. The van der Waals surface area contributed by atoms with Gasteiger partial charge in [-0.3, -0.25) is 9.47 Å². The first kappa shape index (κ1) is 13.7. The first-order valence-corrected chi connectivity index (χ1v) is 7.43. The Balaban J connectivity index is 1.82. The number of aryl methyl sites for hydroxylation is 1. The molecule has 1 amide bonds. The van der Waals surface area contributed by atoms with Crippen LogP contribution in [0.25, 0.3) is 0 Å². The maximum Gasteiger partial charge on any atom is 0.248 e. The van der Waals surface area contributed by atoms with E-state index in [-0.39, 0.29) is 12.5 Å². The molecule has 0 fully saturated rings. The highest BCUT2D eigenvalue weighted by Crippen LogP contribution is 2.10. The number of anilines is 1. The second-order valence-electron chi connectivity index (χ2n) is 4.25.